The molecular formula is C11H18ClN3S. The summed E-state index contributed by atoms with van der Waals surface area (Å²) in [5, 5.41) is 1.06. The van der Waals surface area contributed by atoms with Gasteiger partial charge in [0.25, 0.3) is 0 Å². The Bertz CT molecular complexity index is 329. The first-order chi connectivity index (χ1) is 7.85. The summed E-state index contributed by atoms with van der Waals surface area (Å²) >= 11 is 7.57. The standard InChI is InChI=1S/C11H18ClN3S/c1-2-10-13-11(16-14-10)15-7-5-3-4-6-9(15)8-12/h9H,2-8H2,1H3. The van der Waals surface area contributed by atoms with Crippen LogP contribution in [0.15, 0.2) is 0 Å². The molecule has 0 N–H and O–H groups in total. The summed E-state index contributed by atoms with van der Waals surface area (Å²) in [7, 11) is 0. The van der Waals surface area contributed by atoms with Crippen molar-refractivity contribution in [2.45, 2.75) is 45.1 Å². The molecule has 0 aliphatic carbocycles. The van der Waals surface area contributed by atoms with Gasteiger partial charge in [0.1, 0.15) is 5.82 Å². The largest absolute Gasteiger partial charge is 0.343 e. The molecule has 1 saturated heterocycles. The van der Waals surface area contributed by atoms with Crippen molar-refractivity contribution in [2.75, 3.05) is 17.3 Å². The third-order valence-electron chi connectivity index (χ3n) is 3.07. The fraction of sp³-hybridized carbons (Fsp3) is 0.818. The quantitative estimate of drug-likeness (QED) is 0.782. The Morgan fingerprint density at radius 1 is 1.44 bits per heavy atom. The molecule has 0 radical (unpaired) electrons. The fourth-order valence-corrected chi connectivity index (χ4v) is 3.26. The molecule has 1 aliphatic heterocycles. The van der Waals surface area contributed by atoms with E-state index in [9.17, 15) is 0 Å². The Kier molecular flexibility index (Phi) is 4.41. The molecule has 3 nitrogen and oxygen atoms in total. The number of anilines is 1. The lowest BCUT2D eigenvalue weighted by molar-refractivity contribution is 0.619. The van der Waals surface area contributed by atoms with Crippen LogP contribution in [0.4, 0.5) is 5.13 Å². The lowest BCUT2D eigenvalue weighted by atomic mass is 10.1. The number of aromatic nitrogens is 2. The van der Waals surface area contributed by atoms with Crippen molar-refractivity contribution in [3.63, 3.8) is 0 Å². The summed E-state index contributed by atoms with van der Waals surface area (Å²) < 4.78 is 4.36. The fourth-order valence-electron chi connectivity index (χ4n) is 2.09. The molecule has 1 aromatic rings. The molecule has 0 spiro atoms. The highest BCUT2D eigenvalue weighted by molar-refractivity contribution is 7.09. The van der Waals surface area contributed by atoms with Gasteiger partial charge in [-0.2, -0.15) is 4.37 Å². The summed E-state index contributed by atoms with van der Waals surface area (Å²) in [5.41, 5.74) is 0. The van der Waals surface area contributed by atoms with Crippen LogP contribution in [0.2, 0.25) is 0 Å². The van der Waals surface area contributed by atoms with Crippen molar-refractivity contribution in [1.82, 2.24) is 9.36 Å². The zero-order valence-electron chi connectivity index (χ0n) is 9.65. The van der Waals surface area contributed by atoms with Gasteiger partial charge < -0.3 is 4.90 Å². The van der Waals surface area contributed by atoms with Crippen LogP contribution in [0, 0.1) is 0 Å². The Morgan fingerprint density at radius 2 is 2.31 bits per heavy atom. The van der Waals surface area contributed by atoms with Gasteiger partial charge in [0, 0.05) is 36.4 Å². The number of aryl methyl sites for hydroxylation is 1. The molecule has 2 heterocycles. The van der Waals surface area contributed by atoms with Gasteiger partial charge in [-0.25, -0.2) is 4.98 Å². The Balaban J connectivity index is 2.14. The van der Waals surface area contributed by atoms with E-state index in [1.807, 2.05) is 0 Å². The van der Waals surface area contributed by atoms with E-state index in [1.54, 1.807) is 0 Å². The van der Waals surface area contributed by atoms with E-state index in [-0.39, 0.29) is 0 Å². The van der Waals surface area contributed by atoms with Gasteiger partial charge in [0.05, 0.1) is 0 Å². The number of rotatable bonds is 3. The molecule has 0 amide bonds. The lowest BCUT2D eigenvalue weighted by Crippen LogP contribution is -2.36. The highest BCUT2D eigenvalue weighted by Gasteiger charge is 2.23. The zero-order chi connectivity index (χ0) is 11.4. The number of halogens is 1. The monoisotopic (exact) mass is 259 g/mol. The summed E-state index contributed by atoms with van der Waals surface area (Å²) in [6.45, 7) is 3.17. The average molecular weight is 260 g/mol. The smallest absolute Gasteiger partial charge is 0.205 e. The Labute approximate surface area is 106 Å². The number of nitrogens with zero attached hydrogens (tertiary/aromatic N) is 3. The molecule has 0 aromatic carbocycles. The van der Waals surface area contributed by atoms with E-state index in [2.05, 4.69) is 21.2 Å². The number of hydrogen-bond acceptors (Lipinski definition) is 4. The van der Waals surface area contributed by atoms with Crippen LogP contribution in [0.3, 0.4) is 0 Å². The van der Waals surface area contributed by atoms with E-state index < -0.39 is 0 Å². The minimum absolute atomic E-state index is 0.446. The van der Waals surface area contributed by atoms with Crippen LogP contribution in [-0.2, 0) is 6.42 Å². The summed E-state index contributed by atoms with van der Waals surface area (Å²) in [4.78, 5) is 6.92. The highest BCUT2D eigenvalue weighted by Crippen LogP contribution is 2.26. The molecule has 90 valence electrons. The molecule has 1 fully saturated rings. The van der Waals surface area contributed by atoms with Gasteiger partial charge in [-0.3, -0.25) is 0 Å². The molecule has 0 bridgehead atoms. The normalized spacial score (nSPS) is 22.1. The van der Waals surface area contributed by atoms with Crippen molar-refractivity contribution in [1.29, 1.82) is 0 Å². The average Bonchev–Trinajstić information content (AvgIpc) is 2.66. The first kappa shape index (κ1) is 12.1. The molecular weight excluding hydrogens is 242 g/mol. The van der Waals surface area contributed by atoms with Crippen molar-refractivity contribution in [3.8, 4) is 0 Å². The molecule has 1 aliphatic rings. The van der Waals surface area contributed by atoms with Crippen molar-refractivity contribution < 1.29 is 0 Å². The maximum absolute atomic E-state index is 6.05. The number of alkyl halides is 1. The number of hydrogen-bond donors (Lipinski definition) is 0. The van der Waals surface area contributed by atoms with Gasteiger partial charge in [-0.15, -0.1) is 11.6 Å². The third kappa shape index (κ3) is 2.66. The third-order valence-corrected chi connectivity index (χ3v) is 4.22. The maximum atomic E-state index is 6.05. The van der Waals surface area contributed by atoms with Gasteiger partial charge >= 0.3 is 0 Å². The lowest BCUT2D eigenvalue weighted by Gasteiger charge is -2.27. The summed E-state index contributed by atoms with van der Waals surface area (Å²) in [6.07, 6.45) is 5.94. The van der Waals surface area contributed by atoms with Gasteiger partial charge in [0.2, 0.25) is 5.13 Å². The molecule has 2 rings (SSSR count). The minimum Gasteiger partial charge on any atom is -0.343 e. The Hall–Kier alpha value is -0.350. The molecule has 5 heteroatoms. The molecule has 1 aromatic heterocycles. The molecule has 16 heavy (non-hydrogen) atoms. The molecule has 1 unspecified atom stereocenters. The van der Waals surface area contributed by atoms with Crippen LogP contribution in [0.5, 0.6) is 0 Å². The van der Waals surface area contributed by atoms with E-state index in [4.69, 9.17) is 11.6 Å². The molecule has 0 saturated carbocycles. The SMILES string of the molecule is CCc1nsc(N2CCCCCC2CCl)n1. The van der Waals surface area contributed by atoms with Crippen molar-refractivity contribution >= 4 is 28.3 Å². The topological polar surface area (TPSA) is 29.0 Å². The van der Waals surface area contributed by atoms with Gasteiger partial charge in [-0.05, 0) is 12.8 Å². The van der Waals surface area contributed by atoms with Crippen molar-refractivity contribution in [2.24, 2.45) is 0 Å². The van der Waals surface area contributed by atoms with E-state index in [1.165, 1.54) is 37.2 Å². The second kappa shape index (κ2) is 5.82. The van der Waals surface area contributed by atoms with Crippen LogP contribution in [0.1, 0.15) is 38.4 Å². The van der Waals surface area contributed by atoms with Crippen LogP contribution in [-0.4, -0.2) is 27.8 Å². The summed E-state index contributed by atoms with van der Waals surface area (Å²) in [6, 6.07) is 0.446. The van der Waals surface area contributed by atoms with Crippen LogP contribution >= 0.6 is 23.1 Å². The first-order valence-electron chi connectivity index (χ1n) is 6.00. The van der Waals surface area contributed by atoms with Gasteiger partial charge in [0.15, 0.2) is 0 Å². The minimum atomic E-state index is 0.446. The second-order valence-electron chi connectivity index (χ2n) is 4.20. The van der Waals surface area contributed by atoms with Crippen LogP contribution < -0.4 is 4.90 Å². The highest BCUT2D eigenvalue weighted by atomic mass is 35.5. The zero-order valence-corrected chi connectivity index (χ0v) is 11.2. The molecule has 1 atom stereocenters. The van der Waals surface area contributed by atoms with E-state index in [0.29, 0.717) is 11.9 Å². The van der Waals surface area contributed by atoms with Crippen LogP contribution in [0.25, 0.3) is 0 Å². The van der Waals surface area contributed by atoms with E-state index >= 15 is 0 Å². The predicted molar refractivity (Wildman–Crippen MR) is 69.6 cm³/mol. The van der Waals surface area contributed by atoms with Gasteiger partial charge in [-0.1, -0.05) is 19.8 Å². The summed E-state index contributed by atoms with van der Waals surface area (Å²) in [5.74, 6) is 1.65. The Morgan fingerprint density at radius 3 is 3.00 bits per heavy atom. The predicted octanol–water partition coefficient (Wildman–Crippen LogP) is 3.09. The second-order valence-corrected chi connectivity index (χ2v) is 5.24. The maximum Gasteiger partial charge on any atom is 0.205 e. The van der Waals surface area contributed by atoms with E-state index in [0.717, 1.165) is 23.9 Å². The first-order valence-corrected chi connectivity index (χ1v) is 7.31. The van der Waals surface area contributed by atoms with Crippen molar-refractivity contribution in [3.05, 3.63) is 5.82 Å².